The SMILES string of the molecule is Cc1c(C)c(C)c2c(c1C)OC(C)(C)C=C2N(C)S(C)(=O)=O. The van der Waals surface area contributed by atoms with E-state index in [4.69, 9.17) is 4.74 Å². The summed E-state index contributed by atoms with van der Waals surface area (Å²) in [7, 11) is -1.74. The first-order valence-corrected chi connectivity index (χ1v) is 9.18. The molecule has 0 aliphatic carbocycles. The lowest BCUT2D eigenvalue weighted by Gasteiger charge is -2.36. The summed E-state index contributed by atoms with van der Waals surface area (Å²) in [6.45, 7) is 12.1. The minimum atomic E-state index is -3.34. The maximum Gasteiger partial charge on any atom is 0.232 e. The average molecular weight is 323 g/mol. The molecule has 1 aromatic rings. The van der Waals surface area contributed by atoms with Crippen molar-refractivity contribution in [3.05, 3.63) is 33.9 Å². The van der Waals surface area contributed by atoms with Gasteiger partial charge in [-0.15, -0.1) is 0 Å². The lowest BCUT2D eigenvalue weighted by molar-refractivity contribution is 0.155. The molecule has 2 rings (SSSR count). The van der Waals surface area contributed by atoms with Gasteiger partial charge in [0.1, 0.15) is 11.4 Å². The zero-order chi connectivity index (χ0) is 17.0. The van der Waals surface area contributed by atoms with E-state index in [2.05, 4.69) is 13.8 Å². The van der Waals surface area contributed by atoms with Gasteiger partial charge in [-0.25, -0.2) is 8.42 Å². The second-order valence-corrected chi connectivity index (χ2v) is 8.68. The molecule has 0 N–H and O–H groups in total. The Labute approximate surface area is 133 Å². The average Bonchev–Trinajstić information content (AvgIpc) is 2.39. The first-order valence-electron chi connectivity index (χ1n) is 7.33. The van der Waals surface area contributed by atoms with Crippen molar-refractivity contribution in [3.8, 4) is 5.75 Å². The van der Waals surface area contributed by atoms with Crippen LogP contribution in [-0.4, -0.2) is 31.6 Å². The van der Waals surface area contributed by atoms with E-state index < -0.39 is 15.6 Å². The minimum Gasteiger partial charge on any atom is -0.483 e. The largest absolute Gasteiger partial charge is 0.483 e. The Hall–Kier alpha value is -1.49. The van der Waals surface area contributed by atoms with Gasteiger partial charge < -0.3 is 4.74 Å². The van der Waals surface area contributed by atoms with Gasteiger partial charge in [0.15, 0.2) is 0 Å². The first kappa shape index (κ1) is 16.9. The van der Waals surface area contributed by atoms with Crippen molar-refractivity contribution in [3.63, 3.8) is 0 Å². The monoisotopic (exact) mass is 323 g/mol. The van der Waals surface area contributed by atoms with Gasteiger partial charge in [-0.1, -0.05) is 0 Å². The molecule has 0 fully saturated rings. The maximum absolute atomic E-state index is 12.0. The molecule has 1 aliphatic heterocycles. The van der Waals surface area contributed by atoms with E-state index in [1.165, 1.54) is 21.7 Å². The number of fused-ring (bicyclic) bond motifs is 1. The van der Waals surface area contributed by atoms with Crippen LogP contribution in [0.1, 0.15) is 41.7 Å². The van der Waals surface area contributed by atoms with E-state index in [1.54, 1.807) is 7.05 Å². The summed E-state index contributed by atoms with van der Waals surface area (Å²) in [4.78, 5) is 0. The third-order valence-corrected chi connectivity index (χ3v) is 5.76. The number of benzene rings is 1. The normalized spacial score (nSPS) is 16.6. The lowest BCUT2D eigenvalue weighted by atomic mass is 9.88. The molecular weight excluding hydrogens is 298 g/mol. The standard InChI is InChI=1S/C17H25NO3S/c1-10-11(2)13(4)16-15(12(10)3)14(9-17(5,6)21-16)18(7)22(8,19)20/h9H,1-8H3. The third kappa shape index (κ3) is 2.62. The van der Waals surface area contributed by atoms with E-state index in [-0.39, 0.29) is 0 Å². The summed E-state index contributed by atoms with van der Waals surface area (Å²) in [5.74, 6) is 0.790. The smallest absolute Gasteiger partial charge is 0.232 e. The van der Waals surface area contributed by atoms with Crippen molar-refractivity contribution in [1.82, 2.24) is 4.31 Å². The summed E-state index contributed by atoms with van der Waals surface area (Å²) in [5, 5.41) is 0. The molecule has 0 radical (unpaired) electrons. The highest BCUT2D eigenvalue weighted by atomic mass is 32.2. The molecule has 22 heavy (non-hydrogen) atoms. The van der Waals surface area contributed by atoms with Crippen LogP contribution < -0.4 is 4.74 Å². The van der Waals surface area contributed by atoms with E-state index in [1.807, 2.05) is 33.8 Å². The molecule has 0 amide bonds. The Bertz CT molecular complexity index is 774. The Morgan fingerprint density at radius 3 is 2.00 bits per heavy atom. The number of hydrogen-bond donors (Lipinski definition) is 0. The molecule has 5 heteroatoms. The molecule has 0 aromatic heterocycles. The predicted molar refractivity (Wildman–Crippen MR) is 90.7 cm³/mol. The minimum absolute atomic E-state index is 0.555. The summed E-state index contributed by atoms with van der Waals surface area (Å²) in [5.41, 5.74) is 5.52. The van der Waals surface area contributed by atoms with Crippen LogP contribution in [0.5, 0.6) is 5.75 Å². The first-order chi connectivity index (χ1) is 9.87. The van der Waals surface area contributed by atoms with Crippen molar-refractivity contribution in [2.45, 2.75) is 47.1 Å². The van der Waals surface area contributed by atoms with Crippen molar-refractivity contribution < 1.29 is 13.2 Å². The van der Waals surface area contributed by atoms with Gasteiger partial charge in [0, 0.05) is 12.6 Å². The fourth-order valence-electron chi connectivity index (χ4n) is 2.84. The van der Waals surface area contributed by atoms with E-state index in [9.17, 15) is 8.42 Å². The lowest BCUT2D eigenvalue weighted by Crippen LogP contribution is -2.35. The van der Waals surface area contributed by atoms with Gasteiger partial charge in [0.05, 0.1) is 12.0 Å². The Morgan fingerprint density at radius 1 is 1.00 bits per heavy atom. The number of hydrogen-bond acceptors (Lipinski definition) is 3. The molecule has 0 saturated carbocycles. The molecule has 0 bridgehead atoms. The molecule has 4 nitrogen and oxygen atoms in total. The van der Waals surface area contributed by atoms with Crippen LogP contribution in [0.2, 0.25) is 0 Å². The van der Waals surface area contributed by atoms with Crippen LogP contribution in [0.25, 0.3) is 5.70 Å². The van der Waals surface area contributed by atoms with Gasteiger partial charge in [0.2, 0.25) is 10.0 Å². The molecule has 122 valence electrons. The predicted octanol–water partition coefficient (Wildman–Crippen LogP) is 3.32. The van der Waals surface area contributed by atoms with Gasteiger partial charge in [-0.05, 0) is 69.9 Å². The number of sulfonamides is 1. The zero-order valence-corrected chi connectivity index (χ0v) is 15.5. The van der Waals surface area contributed by atoms with Crippen molar-refractivity contribution in [1.29, 1.82) is 0 Å². The van der Waals surface area contributed by atoms with Crippen LogP contribution in [0.4, 0.5) is 0 Å². The molecular formula is C17H25NO3S. The van der Waals surface area contributed by atoms with Crippen molar-refractivity contribution in [2.75, 3.05) is 13.3 Å². The maximum atomic E-state index is 12.0. The van der Waals surface area contributed by atoms with Crippen molar-refractivity contribution >= 4 is 15.7 Å². The van der Waals surface area contributed by atoms with Crippen LogP contribution in [0.15, 0.2) is 6.08 Å². The second-order valence-electron chi connectivity index (χ2n) is 6.67. The molecule has 1 aromatic carbocycles. The summed E-state index contributed by atoms with van der Waals surface area (Å²) in [6.07, 6.45) is 3.11. The molecule has 1 heterocycles. The fourth-order valence-corrected chi connectivity index (χ4v) is 3.34. The van der Waals surface area contributed by atoms with Crippen LogP contribution in [-0.2, 0) is 10.0 Å². The summed E-state index contributed by atoms with van der Waals surface area (Å²) in [6, 6.07) is 0. The molecule has 0 atom stereocenters. The highest BCUT2D eigenvalue weighted by molar-refractivity contribution is 7.88. The quantitative estimate of drug-likeness (QED) is 0.839. The fraction of sp³-hybridized carbons (Fsp3) is 0.529. The molecule has 0 spiro atoms. The van der Waals surface area contributed by atoms with Gasteiger partial charge >= 0.3 is 0 Å². The third-order valence-electron chi connectivity index (χ3n) is 4.57. The van der Waals surface area contributed by atoms with E-state index >= 15 is 0 Å². The summed E-state index contributed by atoms with van der Waals surface area (Å²) < 4.78 is 31.6. The Morgan fingerprint density at radius 2 is 1.50 bits per heavy atom. The van der Waals surface area contributed by atoms with Gasteiger partial charge in [0.25, 0.3) is 0 Å². The van der Waals surface area contributed by atoms with Gasteiger partial charge in [-0.2, -0.15) is 0 Å². The zero-order valence-electron chi connectivity index (χ0n) is 14.7. The number of nitrogens with zero attached hydrogens (tertiary/aromatic N) is 1. The van der Waals surface area contributed by atoms with E-state index in [0.29, 0.717) is 5.70 Å². The van der Waals surface area contributed by atoms with E-state index in [0.717, 1.165) is 22.4 Å². The van der Waals surface area contributed by atoms with Crippen LogP contribution >= 0.6 is 0 Å². The molecule has 0 unspecified atom stereocenters. The Kier molecular flexibility index (Phi) is 3.85. The Balaban J connectivity index is 2.86. The van der Waals surface area contributed by atoms with Crippen molar-refractivity contribution in [2.24, 2.45) is 0 Å². The highest BCUT2D eigenvalue weighted by Crippen LogP contribution is 2.44. The second kappa shape index (κ2) is 5.01. The van der Waals surface area contributed by atoms with Crippen LogP contribution in [0, 0.1) is 27.7 Å². The summed E-state index contributed by atoms with van der Waals surface area (Å²) >= 11 is 0. The molecule has 1 aliphatic rings. The topological polar surface area (TPSA) is 46.6 Å². The highest BCUT2D eigenvalue weighted by Gasteiger charge is 2.34. The number of ether oxygens (including phenoxy) is 1. The number of rotatable bonds is 2. The van der Waals surface area contributed by atoms with Gasteiger partial charge in [-0.3, -0.25) is 4.31 Å². The van der Waals surface area contributed by atoms with Crippen LogP contribution in [0.3, 0.4) is 0 Å². The molecule has 0 saturated heterocycles.